The van der Waals surface area contributed by atoms with Gasteiger partial charge in [0.15, 0.2) is 0 Å². The fourth-order valence-corrected chi connectivity index (χ4v) is 4.42. The van der Waals surface area contributed by atoms with E-state index in [0.717, 1.165) is 26.2 Å². The maximum Gasteiger partial charge on any atom is 0.451 e. The normalized spacial score (nSPS) is 17.5. The van der Waals surface area contributed by atoms with E-state index in [1.165, 1.54) is 4.88 Å². The highest BCUT2D eigenvalue weighted by Gasteiger charge is 2.35. The van der Waals surface area contributed by atoms with Crippen LogP contribution in [0.3, 0.4) is 0 Å². The number of anilines is 1. The monoisotopic (exact) mass is 421 g/mol. The largest absolute Gasteiger partial charge is 0.451 e. The van der Waals surface area contributed by atoms with Crippen molar-refractivity contribution in [2.45, 2.75) is 12.2 Å². The number of nitrogens with one attached hydrogen (secondary N) is 1. The molecule has 2 aromatic heterocycles. The number of thiophene rings is 1. The fraction of sp³-hybridized carbons (Fsp3) is 0.400. The summed E-state index contributed by atoms with van der Waals surface area (Å²) in [5.74, 6) is -0.899. The molecule has 29 heavy (non-hydrogen) atoms. The maximum absolute atomic E-state index is 13.3. The summed E-state index contributed by atoms with van der Waals surface area (Å²) in [4.78, 5) is 13.4. The number of benzene rings is 1. The number of nitrogens with zero attached hydrogens (tertiary/aromatic N) is 4. The van der Waals surface area contributed by atoms with Crippen LogP contribution in [0.2, 0.25) is 0 Å². The molecule has 4 rings (SSSR count). The second-order valence-electron chi connectivity index (χ2n) is 7.16. The Hall–Kier alpha value is -2.23. The first-order valence-electron chi connectivity index (χ1n) is 9.45. The summed E-state index contributed by atoms with van der Waals surface area (Å²) in [7, 11) is 2.10. The molecule has 1 unspecified atom stereocenters. The molecule has 0 amide bonds. The predicted octanol–water partition coefficient (Wildman–Crippen LogP) is 4.11. The predicted molar refractivity (Wildman–Crippen MR) is 109 cm³/mol. The van der Waals surface area contributed by atoms with Gasteiger partial charge in [0.25, 0.3) is 0 Å². The average molecular weight is 421 g/mol. The first-order valence-corrected chi connectivity index (χ1v) is 10.3. The van der Waals surface area contributed by atoms with Gasteiger partial charge in [-0.2, -0.15) is 13.2 Å². The quantitative estimate of drug-likeness (QED) is 0.672. The number of aromatic nitrogens is 2. The van der Waals surface area contributed by atoms with Crippen LogP contribution >= 0.6 is 11.3 Å². The van der Waals surface area contributed by atoms with E-state index in [1.54, 1.807) is 35.6 Å². The van der Waals surface area contributed by atoms with Gasteiger partial charge in [0.2, 0.25) is 5.82 Å². The van der Waals surface area contributed by atoms with Gasteiger partial charge in [-0.15, -0.1) is 11.3 Å². The highest BCUT2D eigenvalue weighted by atomic mass is 32.1. The summed E-state index contributed by atoms with van der Waals surface area (Å²) in [6.45, 7) is 4.24. The minimum atomic E-state index is -4.59. The minimum absolute atomic E-state index is 0.0757. The number of alkyl halides is 3. The van der Waals surface area contributed by atoms with Crippen LogP contribution in [0.15, 0.2) is 41.8 Å². The summed E-state index contributed by atoms with van der Waals surface area (Å²) < 4.78 is 39.8. The molecule has 1 N–H and O–H groups in total. The van der Waals surface area contributed by atoms with Crippen molar-refractivity contribution < 1.29 is 13.2 Å². The molecule has 0 aliphatic carbocycles. The third-order valence-corrected chi connectivity index (χ3v) is 6.14. The van der Waals surface area contributed by atoms with Gasteiger partial charge in [0.1, 0.15) is 5.82 Å². The van der Waals surface area contributed by atoms with E-state index >= 15 is 0 Å². The summed E-state index contributed by atoms with van der Waals surface area (Å²) in [6.07, 6.45) is -4.59. The summed E-state index contributed by atoms with van der Waals surface area (Å²) in [5, 5.41) is 5.81. The zero-order chi connectivity index (χ0) is 20.4. The maximum atomic E-state index is 13.3. The Kier molecular flexibility index (Phi) is 5.71. The molecule has 154 valence electrons. The molecule has 1 atom stereocenters. The summed E-state index contributed by atoms with van der Waals surface area (Å²) >= 11 is 1.66. The first-order chi connectivity index (χ1) is 13.9. The van der Waals surface area contributed by atoms with Gasteiger partial charge in [-0.25, -0.2) is 9.97 Å². The Morgan fingerprint density at radius 3 is 2.52 bits per heavy atom. The van der Waals surface area contributed by atoms with E-state index in [0.29, 0.717) is 11.9 Å². The smallest absolute Gasteiger partial charge is 0.367 e. The number of hydrogen-bond donors (Lipinski definition) is 1. The van der Waals surface area contributed by atoms with Gasteiger partial charge in [0.05, 0.1) is 11.6 Å². The van der Waals surface area contributed by atoms with Gasteiger partial charge < -0.3 is 10.2 Å². The molecule has 5 nitrogen and oxygen atoms in total. The van der Waals surface area contributed by atoms with Crippen LogP contribution in [0.25, 0.3) is 10.9 Å². The third kappa shape index (κ3) is 4.52. The Labute approximate surface area is 171 Å². The highest BCUT2D eigenvalue weighted by Crippen LogP contribution is 2.31. The number of piperazine rings is 1. The third-order valence-electron chi connectivity index (χ3n) is 5.17. The molecular formula is C20H22F3N5S. The van der Waals surface area contributed by atoms with Crippen molar-refractivity contribution in [3.8, 4) is 0 Å². The van der Waals surface area contributed by atoms with Gasteiger partial charge in [0, 0.05) is 43.0 Å². The molecule has 1 aromatic carbocycles. The molecule has 3 aromatic rings. The zero-order valence-corrected chi connectivity index (χ0v) is 16.8. The molecule has 0 bridgehead atoms. The lowest BCUT2D eigenvalue weighted by atomic mass is 10.1. The fourth-order valence-electron chi connectivity index (χ4n) is 3.56. The lowest BCUT2D eigenvalue weighted by Crippen LogP contribution is -2.47. The molecule has 1 aliphatic rings. The highest BCUT2D eigenvalue weighted by molar-refractivity contribution is 7.10. The lowest BCUT2D eigenvalue weighted by molar-refractivity contribution is -0.144. The van der Waals surface area contributed by atoms with E-state index in [9.17, 15) is 13.2 Å². The lowest BCUT2D eigenvalue weighted by Gasteiger charge is -2.37. The number of fused-ring (bicyclic) bond motifs is 1. The molecule has 0 spiro atoms. The molecule has 3 heterocycles. The SMILES string of the molecule is CN1CCN(C(CNc2nc(C(F)(F)F)nc3ccccc23)c2cccs2)CC1. The molecular weight excluding hydrogens is 399 g/mol. The molecule has 1 saturated heterocycles. The average Bonchev–Trinajstić information content (AvgIpc) is 3.23. The van der Waals surface area contributed by atoms with Crippen molar-refractivity contribution in [3.63, 3.8) is 0 Å². The number of para-hydroxylation sites is 1. The topological polar surface area (TPSA) is 44.3 Å². The number of halogens is 3. The number of likely N-dealkylation sites (N-methyl/N-ethyl adjacent to an activating group) is 1. The van der Waals surface area contributed by atoms with Crippen LogP contribution in [0.4, 0.5) is 19.0 Å². The second kappa shape index (κ2) is 8.25. The Morgan fingerprint density at radius 2 is 1.83 bits per heavy atom. The molecule has 1 aliphatic heterocycles. The summed E-state index contributed by atoms with van der Waals surface area (Å²) in [6, 6.07) is 10.9. The molecule has 9 heteroatoms. The van der Waals surface area contributed by atoms with Crippen LogP contribution < -0.4 is 5.32 Å². The first kappa shape index (κ1) is 20.1. The minimum Gasteiger partial charge on any atom is -0.367 e. The van der Waals surface area contributed by atoms with Crippen LogP contribution in [0.1, 0.15) is 16.7 Å². The van der Waals surface area contributed by atoms with E-state index in [4.69, 9.17) is 0 Å². The van der Waals surface area contributed by atoms with Gasteiger partial charge in [-0.05, 0) is 30.6 Å². The van der Waals surface area contributed by atoms with E-state index in [-0.39, 0.29) is 17.4 Å². The van der Waals surface area contributed by atoms with Crippen molar-refractivity contribution in [1.29, 1.82) is 0 Å². The van der Waals surface area contributed by atoms with E-state index < -0.39 is 12.0 Å². The van der Waals surface area contributed by atoms with Gasteiger partial charge in [-0.1, -0.05) is 18.2 Å². The van der Waals surface area contributed by atoms with Crippen molar-refractivity contribution in [1.82, 2.24) is 19.8 Å². The van der Waals surface area contributed by atoms with Crippen molar-refractivity contribution >= 4 is 28.1 Å². The van der Waals surface area contributed by atoms with Crippen LogP contribution in [-0.4, -0.2) is 59.5 Å². The Balaban J connectivity index is 1.62. The van der Waals surface area contributed by atoms with Crippen LogP contribution in [0, 0.1) is 0 Å². The van der Waals surface area contributed by atoms with E-state index in [2.05, 4.69) is 38.2 Å². The molecule has 0 radical (unpaired) electrons. The summed E-state index contributed by atoms with van der Waals surface area (Å²) in [5.41, 5.74) is 0.282. The Bertz CT molecular complexity index is 952. The van der Waals surface area contributed by atoms with Gasteiger partial charge in [-0.3, -0.25) is 4.90 Å². The van der Waals surface area contributed by atoms with Crippen LogP contribution in [0.5, 0.6) is 0 Å². The molecule has 0 saturated carbocycles. The standard InChI is InChI=1S/C20H22F3N5S/c1-27-8-10-28(11-9-27)16(17-7-4-12-29-17)13-24-18-14-5-2-3-6-15(14)25-19(26-18)20(21,22)23/h2-7,12,16H,8-11,13H2,1H3,(H,24,25,26). The molecule has 1 fully saturated rings. The van der Waals surface area contributed by atoms with Crippen molar-refractivity contribution in [2.75, 3.05) is 45.1 Å². The zero-order valence-electron chi connectivity index (χ0n) is 16.0. The van der Waals surface area contributed by atoms with Gasteiger partial charge >= 0.3 is 6.18 Å². The second-order valence-corrected chi connectivity index (χ2v) is 8.14. The van der Waals surface area contributed by atoms with Crippen LogP contribution in [-0.2, 0) is 6.18 Å². The number of rotatable bonds is 5. The number of hydrogen-bond acceptors (Lipinski definition) is 6. The van der Waals surface area contributed by atoms with E-state index in [1.807, 2.05) is 11.4 Å². The van der Waals surface area contributed by atoms with Crippen molar-refractivity contribution in [3.05, 3.63) is 52.5 Å². The Morgan fingerprint density at radius 1 is 1.07 bits per heavy atom. The van der Waals surface area contributed by atoms with Crippen molar-refractivity contribution in [2.24, 2.45) is 0 Å².